The first-order valence-electron chi connectivity index (χ1n) is 9.97. The molecule has 1 aliphatic heterocycles. The predicted octanol–water partition coefficient (Wildman–Crippen LogP) is 0.943. The van der Waals surface area contributed by atoms with Crippen LogP contribution >= 0.6 is 0 Å². The zero-order chi connectivity index (χ0) is 20.1. The molecule has 0 spiro atoms. The van der Waals surface area contributed by atoms with E-state index in [9.17, 15) is 14.4 Å². The number of esters is 1. The third-order valence-corrected chi connectivity index (χ3v) is 5.15. The smallest absolute Gasteiger partial charge is 0.328 e. The van der Waals surface area contributed by atoms with Crippen molar-refractivity contribution in [1.82, 2.24) is 15.4 Å². The standard InChI is InChI=1S/C19H28N4O5/c1-2-27-19(26)15-10-13(7-9-23(15)17(24)4-3-8-20)21-18(25)14-11-16(28-22-14)12-5-6-12/h11-13,15H,2-10,20H2,1H3,(H,21,25)/t13?,15-/m0/s1. The topological polar surface area (TPSA) is 128 Å². The summed E-state index contributed by atoms with van der Waals surface area (Å²) < 4.78 is 10.4. The van der Waals surface area contributed by atoms with Gasteiger partial charge in [-0.1, -0.05) is 5.16 Å². The summed E-state index contributed by atoms with van der Waals surface area (Å²) in [4.78, 5) is 38.9. The number of aromatic nitrogens is 1. The number of hydrogen-bond acceptors (Lipinski definition) is 7. The Balaban J connectivity index is 1.62. The Morgan fingerprint density at radius 3 is 2.82 bits per heavy atom. The van der Waals surface area contributed by atoms with Gasteiger partial charge in [0.05, 0.1) is 6.61 Å². The third kappa shape index (κ3) is 4.89. The number of carbonyl (C=O) groups is 3. The number of nitrogens with one attached hydrogen (secondary N) is 1. The molecule has 1 aromatic heterocycles. The quantitative estimate of drug-likeness (QED) is 0.630. The van der Waals surface area contributed by atoms with Crippen LogP contribution in [0, 0.1) is 0 Å². The van der Waals surface area contributed by atoms with E-state index in [1.807, 2.05) is 0 Å². The van der Waals surface area contributed by atoms with Gasteiger partial charge in [-0.25, -0.2) is 4.79 Å². The highest BCUT2D eigenvalue weighted by Crippen LogP contribution is 2.40. The van der Waals surface area contributed by atoms with Crippen molar-refractivity contribution in [1.29, 1.82) is 0 Å². The highest BCUT2D eigenvalue weighted by atomic mass is 16.5. The number of carbonyl (C=O) groups excluding carboxylic acids is 3. The zero-order valence-electron chi connectivity index (χ0n) is 16.2. The first-order chi connectivity index (χ1) is 13.5. The maximum Gasteiger partial charge on any atom is 0.328 e. The summed E-state index contributed by atoms with van der Waals surface area (Å²) in [5.41, 5.74) is 5.73. The number of nitrogens with zero attached hydrogens (tertiary/aromatic N) is 2. The molecule has 2 aliphatic rings. The van der Waals surface area contributed by atoms with Crippen LogP contribution in [0.1, 0.15) is 67.6 Å². The average Bonchev–Trinajstić information content (AvgIpc) is 3.42. The van der Waals surface area contributed by atoms with Crippen molar-refractivity contribution in [2.75, 3.05) is 19.7 Å². The molecule has 28 heavy (non-hydrogen) atoms. The van der Waals surface area contributed by atoms with Crippen LogP contribution in [0.3, 0.4) is 0 Å². The maximum absolute atomic E-state index is 12.5. The molecule has 1 unspecified atom stereocenters. The van der Waals surface area contributed by atoms with E-state index in [1.165, 1.54) is 0 Å². The summed E-state index contributed by atoms with van der Waals surface area (Å²) >= 11 is 0. The Kier molecular flexibility index (Phi) is 6.66. The zero-order valence-corrected chi connectivity index (χ0v) is 16.2. The molecule has 154 valence electrons. The van der Waals surface area contributed by atoms with Gasteiger partial charge in [0.2, 0.25) is 5.91 Å². The van der Waals surface area contributed by atoms with E-state index in [0.29, 0.717) is 44.7 Å². The molecule has 1 aromatic rings. The minimum Gasteiger partial charge on any atom is -0.464 e. The molecule has 9 heteroatoms. The van der Waals surface area contributed by atoms with Gasteiger partial charge < -0.3 is 25.2 Å². The van der Waals surface area contributed by atoms with Crippen molar-refractivity contribution < 1.29 is 23.6 Å². The molecular weight excluding hydrogens is 364 g/mol. The second-order valence-corrected chi connectivity index (χ2v) is 7.33. The van der Waals surface area contributed by atoms with E-state index in [-0.39, 0.29) is 30.2 Å². The summed E-state index contributed by atoms with van der Waals surface area (Å²) in [5, 5.41) is 6.76. The van der Waals surface area contributed by atoms with Crippen LogP contribution in [0.25, 0.3) is 0 Å². The number of amides is 2. The van der Waals surface area contributed by atoms with Gasteiger partial charge >= 0.3 is 5.97 Å². The van der Waals surface area contributed by atoms with Crippen LogP contribution < -0.4 is 11.1 Å². The number of nitrogens with two attached hydrogens (primary N) is 1. The fourth-order valence-corrected chi connectivity index (χ4v) is 3.47. The minimum atomic E-state index is -0.705. The minimum absolute atomic E-state index is 0.112. The molecule has 2 atom stereocenters. The largest absolute Gasteiger partial charge is 0.464 e. The molecule has 1 saturated carbocycles. The van der Waals surface area contributed by atoms with Crippen molar-refractivity contribution in [2.45, 2.75) is 63.5 Å². The van der Waals surface area contributed by atoms with Crippen molar-refractivity contribution in [3.05, 3.63) is 17.5 Å². The van der Waals surface area contributed by atoms with Crippen molar-refractivity contribution in [3.63, 3.8) is 0 Å². The number of ether oxygens (including phenoxy) is 1. The van der Waals surface area contributed by atoms with Crippen molar-refractivity contribution >= 4 is 17.8 Å². The normalized spacial score (nSPS) is 22.0. The number of piperidine rings is 1. The molecule has 0 aromatic carbocycles. The summed E-state index contributed by atoms with van der Waals surface area (Å²) in [6.07, 6.45) is 3.87. The van der Waals surface area contributed by atoms with Gasteiger partial charge in [-0.05, 0) is 45.6 Å². The monoisotopic (exact) mass is 392 g/mol. The van der Waals surface area contributed by atoms with Gasteiger partial charge in [0.1, 0.15) is 11.8 Å². The lowest BCUT2D eigenvalue weighted by atomic mass is 9.96. The van der Waals surface area contributed by atoms with Crippen molar-refractivity contribution in [3.8, 4) is 0 Å². The molecule has 3 rings (SSSR count). The number of likely N-dealkylation sites (tertiary alicyclic amines) is 1. The summed E-state index contributed by atoms with van der Waals surface area (Å²) in [6, 6.07) is 0.728. The lowest BCUT2D eigenvalue weighted by Gasteiger charge is -2.38. The van der Waals surface area contributed by atoms with Gasteiger partial charge in [0.15, 0.2) is 5.69 Å². The van der Waals surface area contributed by atoms with Crippen LogP contribution in [0.15, 0.2) is 10.6 Å². The predicted molar refractivity (Wildman–Crippen MR) is 99.4 cm³/mol. The molecule has 9 nitrogen and oxygen atoms in total. The summed E-state index contributed by atoms with van der Waals surface area (Å²) in [5.74, 6) is 0.241. The molecule has 3 N–H and O–H groups in total. The van der Waals surface area contributed by atoms with Gasteiger partial charge in [0.25, 0.3) is 5.91 Å². The van der Waals surface area contributed by atoms with E-state index >= 15 is 0 Å². The van der Waals surface area contributed by atoms with Crippen LogP contribution in [0.5, 0.6) is 0 Å². The first-order valence-corrected chi connectivity index (χ1v) is 9.97. The Bertz CT molecular complexity index is 715. The number of hydrogen-bond donors (Lipinski definition) is 2. The van der Waals surface area contributed by atoms with Crippen LogP contribution in [0.4, 0.5) is 0 Å². The maximum atomic E-state index is 12.5. The molecule has 1 saturated heterocycles. The first kappa shape index (κ1) is 20.3. The molecular formula is C19H28N4O5. The lowest BCUT2D eigenvalue weighted by Crippen LogP contribution is -2.55. The van der Waals surface area contributed by atoms with E-state index in [2.05, 4.69) is 10.5 Å². The molecule has 0 radical (unpaired) electrons. The summed E-state index contributed by atoms with van der Waals surface area (Å²) in [7, 11) is 0. The third-order valence-electron chi connectivity index (χ3n) is 5.15. The van der Waals surface area contributed by atoms with Crippen LogP contribution in [0.2, 0.25) is 0 Å². The Hall–Kier alpha value is -2.42. The van der Waals surface area contributed by atoms with E-state index in [4.69, 9.17) is 15.0 Å². The van der Waals surface area contributed by atoms with Gasteiger partial charge in [-0.3, -0.25) is 9.59 Å². The van der Waals surface area contributed by atoms with Crippen LogP contribution in [-0.2, 0) is 14.3 Å². The molecule has 0 bridgehead atoms. The second kappa shape index (κ2) is 9.18. The Morgan fingerprint density at radius 2 is 2.14 bits per heavy atom. The fraction of sp³-hybridized carbons (Fsp3) is 0.684. The molecule has 2 fully saturated rings. The van der Waals surface area contributed by atoms with E-state index < -0.39 is 12.0 Å². The Labute approximate surface area is 163 Å². The average molecular weight is 392 g/mol. The van der Waals surface area contributed by atoms with Gasteiger partial charge in [0, 0.05) is 31.0 Å². The fourth-order valence-electron chi connectivity index (χ4n) is 3.47. The molecule has 1 aliphatic carbocycles. The van der Waals surface area contributed by atoms with Gasteiger partial charge in [-0.15, -0.1) is 0 Å². The lowest BCUT2D eigenvalue weighted by molar-refractivity contribution is -0.157. The SMILES string of the molecule is CCOC(=O)[C@@H]1CC(NC(=O)c2cc(C3CC3)on2)CCN1C(=O)CCCN. The van der Waals surface area contributed by atoms with E-state index in [1.54, 1.807) is 17.9 Å². The van der Waals surface area contributed by atoms with Gasteiger partial charge in [-0.2, -0.15) is 0 Å². The Morgan fingerprint density at radius 1 is 1.36 bits per heavy atom. The molecule has 2 amide bonds. The van der Waals surface area contributed by atoms with Crippen LogP contribution in [-0.4, -0.2) is 59.6 Å². The molecule has 2 heterocycles. The highest BCUT2D eigenvalue weighted by Gasteiger charge is 2.38. The van der Waals surface area contributed by atoms with Crippen molar-refractivity contribution in [2.24, 2.45) is 5.73 Å². The summed E-state index contributed by atoms with van der Waals surface area (Å²) in [6.45, 7) is 2.76. The second-order valence-electron chi connectivity index (χ2n) is 7.33. The highest BCUT2D eigenvalue weighted by molar-refractivity contribution is 5.92. The number of rotatable bonds is 8. The van der Waals surface area contributed by atoms with E-state index in [0.717, 1.165) is 18.6 Å².